The molecule has 5 nitrogen and oxygen atoms in total. The highest BCUT2D eigenvalue weighted by Gasteiger charge is 2.52. The first kappa shape index (κ1) is 32.3. The van der Waals surface area contributed by atoms with E-state index >= 15 is 0 Å². The van der Waals surface area contributed by atoms with Gasteiger partial charge in [-0.3, -0.25) is 19.3 Å². The maximum absolute atomic E-state index is 13.4. The lowest BCUT2D eigenvalue weighted by Crippen LogP contribution is -2.64. The average Bonchev–Trinajstić information content (AvgIpc) is 3.10. The van der Waals surface area contributed by atoms with Crippen molar-refractivity contribution in [3.8, 4) is 0 Å². The Labute approximate surface area is 229 Å². The molecule has 0 aliphatic carbocycles. The van der Waals surface area contributed by atoms with Crippen LogP contribution in [-0.4, -0.2) is 45.5 Å². The molecule has 37 heavy (non-hydrogen) atoms. The van der Waals surface area contributed by atoms with E-state index in [0.29, 0.717) is 6.42 Å². The minimum Gasteiger partial charge on any atom is -0.298 e. The van der Waals surface area contributed by atoms with E-state index in [9.17, 15) is 9.59 Å². The average molecular weight is 521 g/mol. The van der Waals surface area contributed by atoms with E-state index < -0.39 is 0 Å². The van der Waals surface area contributed by atoms with Gasteiger partial charge in [0.15, 0.2) is 0 Å². The molecule has 0 radical (unpaired) electrons. The van der Waals surface area contributed by atoms with Crippen molar-refractivity contribution in [2.45, 2.75) is 181 Å². The molecule has 0 bridgehead atoms. The molecule has 2 saturated heterocycles. The normalized spacial score (nSPS) is 22.3. The first-order valence-corrected chi connectivity index (χ1v) is 15.9. The van der Waals surface area contributed by atoms with Gasteiger partial charge in [0.25, 0.3) is 0 Å². The number of hydroxylamine groups is 2. The molecule has 0 aromatic rings. The number of hydrogen-bond acceptors (Lipinski definition) is 4. The van der Waals surface area contributed by atoms with E-state index in [2.05, 4.69) is 46.6 Å². The molecule has 2 fully saturated rings. The van der Waals surface area contributed by atoms with Crippen LogP contribution in [0.3, 0.4) is 0 Å². The number of amides is 2. The van der Waals surface area contributed by atoms with Gasteiger partial charge < -0.3 is 0 Å². The number of carbonyl (C=O) groups is 2. The van der Waals surface area contributed by atoms with Crippen molar-refractivity contribution in [3.63, 3.8) is 0 Å². The minimum absolute atomic E-state index is 0.0351. The first-order chi connectivity index (χ1) is 17.6. The van der Waals surface area contributed by atoms with Gasteiger partial charge in [-0.15, -0.1) is 0 Å². The number of likely N-dealkylation sites (tertiary alicyclic amines) is 1. The van der Waals surface area contributed by atoms with Crippen LogP contribution in [0.1, 0.15) is 164 Å². The molecule has 1 atom stereocenters. The molecule has 1 unspecified atom stereocenters. The molecule has 2 amide bonds. The largest absolute Gasteiger partial charge is 0.298 e. The Morgan fingerprint density at radius 1 is 0.703 bits per heavy atom. The summed E-state index contributed by atoms with van der Waals surface area (Å²) in [5, 5.41) is 2.17. The standard InChI is InChI=1S/C32H60N2O3/c1-7-9-11-13-14-15-16-17-18-20-22-27-24-29(35)33(30(27)36)28-25-31(3,4)34(32(5,6)26-28)37-23-21-19-12-10-8-2/h27-28H,7-26H2,1-6H3. The summed E-state index contributed by atoms with van der Waals surface area (Å²) >= 11 is 0. The highest BCUT2D eigenvalue weighted by molar-refractivity contribution is 6.03. The van der Waals surface area contributed by atoms with Gasteiger partial charge in [-0.2, -0.15) is 5.06 Å². The van der Waals surface area contributed by atoms with Crippen LogP contribution in [0.2, 0.25) is 0 Å². The van der Waals surface area contributed by atoms with Crippen molar-refractivity contribution in [2.75, 3.05) is 6.61 Å². The van der Waals surface area contributed by atoms with Crippen molar-refractivity contribution >= 4 is 11.8 Å². The summed E-state index contributed by atoms with van der Waals surface area (Å²) in [4.78, 5) is 34.4. The minimum atomic E-state index is -0.231. The summed E-state index contributed by atoms with van der Waals surface area (Å²) in [6, 6.07) is -0.0351. The number of carbonyl (C=O) groups excluding carboxylic acids is 2. The third-order valence-electron chi connectivity index (χ3n) is 8.59. The van der Waals surface area contributed by atoms with Crippen molar-refractivity contribution in [2.24, 2.45) is 5.92 Å². The van der Waals surface area contributed by atoms with Gasteiger partial charge >= 0.3 is 0 Å². The van der Waals surface area contributed by atoms with Crippen LogP contribution in [0.25, 0.3) is 0 Å². The maximum Gasteiger partial charge on any atom is 0.233 e. The molecule has 0 aromatic carbocycles. The fourth-order valence-corrected chi connectivity index (χ4v) is 6.81. The topological polar surface area (TPSA) is 49.9 Å². The zero-order valence-corrected chi connectivity index (χ0v) is 25.4. The smallest absolute Gasteiger partial charge is 0.233 e. The summed E-state index contributed by atoms with van der Waals surface area (Å²) in [5.41, 5.74) is -0.462. The summed E-state index contributed by atoms with van der Waals surface area (Å²) in [7, 11) is 0. The molecule has 2 rings (SSSR count). The van der Waals surface area contributed by atoms with Gasteiger partial charge in [0.05, 0.1) is 6.61 Å². The predicted molar refractivity (Wildman–Crippen MR) is 154 cm³/mol. The third kappa shape index (κ3) is 10.3. The lowest BCUT2D eigenvalue weighted by Gasteiger charge is -2.55. The number of piperidine rings is 1. The van der Waals surface area contributed by atoms with Gasteiger partial charge in [0.1, 0.15) is 0 Å². The zero-order chi connectivity index (χ0) is 27.3. The van der Waals surface area contributed by atoms with Crippen LogP contribution in [0.15, 0.2) is 0 Å². The van der Waals surface area contributed by atoms with Crippen LogP contribution >= 0.6 is 0 Å². The molecular formula is C32H60N2O3. The highest BCUT2D eigenvalue weighted by Crippen LogP contribution is 2.42. The quantitative estimate of drug-likeness (QED) is 0.126. The lowest BCUT2D eigenvalue weighted by molar-refractivity contribution is -0.287. The number of unbranched alkanes of at least 4 members (excludes halogenated alkanes) is 13. The first-order valence-electron chi connectivity index (χ1n) is 15.9. The number of rotatable bonds is 19. The SMILES string of the molecule is CCCCCCCCCCCCC1CC(=O)N(C2CC(C)(C)N(OCCCCCCC)C(C)(C)C2)C1=O. The highest BCUT2D eigenvalue weighted by atomic mass is 16.7. The number of hydrogen-bond donors (Lipinski definition) is 0. The van der Waals surface area contributed by atoms with E-state index in [1.54, 1.807) is 4.90 Å². The molecule has 0 aromatic heterocycles. The second-order valence-corrected chi connectivity index (χ2v) is 13.2. The summed E-state index contributed by atoms with van der Waals surface area (Å²) < 4.78 is 0. The van der Waals surface area contributed by atoms with Gasteiger partial charge in [-0.1, -0.05) is 104 Å². The molecule has 0 N–H and O–H groups in total. The fraction of sp³-hybridized carbons (Fsp3) is 0.938. The van der Waals surface area contributed by atoms with E-state index in [4.69, 9.17) is 4.84 Å². The summed E-state index contributed by atoms with van der Waals surface area (Å²) in [5.74, 6) is 0.0250. The Kier molecular flexibility index (Phi) is 14.2. The molecule has 0 spiro atoms. The molecule has 0 saturated carbocycles. The van der Waals surface area contributed by atoms with E-state index in [0.717, 1.165) is 38.7 Å². The van der Waals surface area contributed by atoms with Crippen LogP contribution in [0, 0.1) is 5.92 Å². The fourth-order valence-electron chi connectivity index (χ4n) is 6.81. The van der Waals surface area contributed by atoms with Gasteiger partial charge in [-0.25, -0.2) is 0 Å². The van der Waals surface area contributed by atoms with Crippen LogP contribution in [0.4, 0.5) is 0 Å². The van der Waals surface area contributed by atoms with Crippen LogP contribution in [-0.2, 0) is 14.4 Å². The molecule has 2 heterocycles. The number of nitrogens with zero attached hydrogens (tertiary/aromatic N) is 2. The summed E-state index contributed by atoms with van der Waals surface area (Å²) in [6.07, 6.45) is 21.9. The zero-order valence-electron chi connectivity index (χ0n) is 25.4. The second-order valence-electron chi connectivity index (χ2n) is 13.2. The van der Waals surface area contributed by atoms with Crippen molar-refractivity contribution in [1.29, 1.82) is 0 Å². The maximum atomic E-state index is 13.4. The lowest BCUT2D eigenvalue weighted by atomic mass is 9.78. The second kappa shape index (κ2) is 16.2. The van der Waals surface area contributed by atoms with Gasteiger partial charge in [-0.05, 0) is 53.4 Å². The molecular weight excluding hydrogens is 460 g/mol. The van der Waals surface area contributed by atoms with Gasteiger partial charge in [0.2, 0.25) is 11.8 Å². The Morgan fingerprint density at radius 2 is 1.16 bits per heavy atom. The molecule has 2 aliphatic rings. The predicted octanol–water partition coefficient (Wildman–Crippen LogP) is 8.60. The monoisotopic (exact) mass is 520 g/mol. The molecule has 216 valence electrons. The van der Waals surface area contributed by atoms with Crippen molar-refractivity contribution in [3.05, 3.63) is 0 Å². The third-order valence-corrected chi connectivity index (χ3v) is 8.59. The Hall–Kier alpha value is -0.940. The number of imide groups is 1. The Bertz CT molecular complexity index is 657. The van der Waals surface area contributed by atoms with E-state index in [1.807, 2.05) is 0 Å². The van der Waals surface area contributed by atoms with Crippen LogP contribution in [0.5, 0.6) is 0 Å². The van der Waals surface area contributed by atoms with Crippen molar-refractivity contribution < 1.29 is 14.4 Å². The Morgan fingerprint density at radius 3 is 1.68 bits per heavy atom. The molecule has 5 heteroatoms. The Balaban J connectivity index is 1.78. The van der Waals surface area contributed by atoms with E-state index in [1.165, 1.54) is 83.5 Å². The molecule has 2 aliphatic heterocycles. The summed E-state index contributed by atoms with van der Waals surface area (Å²) in [6.45, 7) is 14.0. The van der Waals surface area contributed by atoms with Gasteiger partial charge in [0, 0.05) is 29.5 Å². The van der Waals surface area contributed by atoms with E-state index in [-0.39, 0.29) is 34.9 Å². The van der Waals surface area contributed by atoms with Crippen molar-refractivity contribution in [1.82, 2.24) is 9.96 Å². The van der Waals surface area contributed by atoms with Crippen LogP contribution < -0.4 is 0 Å².